The van der Waals surface area contributed by atoms with Crippen molar-refractivity contribution in [2.45, 2.75) is 6.42 Å². The molecule has 1 aliphatic heterocycles. The van der Waals surface area contributed by atoms with Crippen LogP contribution in [0.3, 0.4) is 0 Å². The molecule has 0 fully saturated rings. The second-order valence-corrected chi connectivity index (χ2v) is 7.98. The molecule has 0 aromatic heterocycles. The van der Waals surface area contributed by atoms with E-state index in [-0.39, 0.29) is 24.3 Å². The third kappa shape index (κ3) is 3.78. The highest BCUT2D eigenvalue weighted by molar-refractivity contribution is 6.25. The van der Waals surface area contributed by atoms with E-state index in [4.69, 9.17) is 0 Å². The third-order valence-corrected chi connectivity index (χ3v) is 5.95. The van der Waals surface area contributed by atoms with Crippen molar-refractivity contribution in [1.82, 2.24) is 4.90 Å². The smallest absolute Gasteiger partial charge is 0.261 e. The van der Waals surface area contributed by atoms with Gasteiger partial charge in [0, 0.05) is 40.9 Å². The van der Waals surface area contributed by atoms with Gasteiger partial charge < -0.3 is 4.90 Å². The lowest BCUT2D eigenvalue weighted by molar-refractivity contribution is 0.0610. The minimum Gasteiger partial charge on any atom is -0.308 e. The molecule has 0 saturated heterocycles. The van der Waals surface area contributed by atoms with Crippen LogP contribution in [0.1, 0.15) is 37.5 Å². The first-order chi connectivity index (χ1) is 16.1. The van der Waals surface area contributed by atoms with Crippen LogP contribution in [0.25, 0.3) is 10.8 Å². The zero-order chi connectivity index (χ0) is 22.8. The average Bonchev–Trinajstić information content (AvgIpc) is 2.87. The van der Waals surface area contributed by atoms with E-state index in [1.54, 1.807) is 29.2 Å². The van der Waals surface area contributed by atoms with Crippen LogP contribution < -0.4 is 4.90 Å². The molecular weight excluding hydrogens is 412 g/mol. The molecule has 5 heteroatoms. The van der Waals surface area contributed by atoms with E-state index in [9.17, 15) is 14.4 Å². The molecule has 5 rings (SSSR count). The van der Waals surface area contributed by atoms with E-state index in [2.05, 4.69) is 0 Å². The Morgan fingerprint density at radius 1 is 0.697 bits per heavy atom. The first-order valence-electron chi connectivity index (χ1n) is 10.9. The second-order valence-electron chi connectivity index (χ2n) is 7.98. The Morgan fingerprint density at radius 2 is 1.27 bits per heavy atom. The van der Waals surface area contributed by atoms with Gasteiger partial charge in [0.05, 0.1) is 0 Å². The highest BCUT2D eigenvalue weighted by Crippen LogP contribution is 2.30. The second kappa shape index (κ2) is 8.71. The van der Waals surface area contributed by atoms with Crippen LogP contribution in [0.4, 0.5) is 5.69 Å². The number of carbonyl (C=O) groups is 3. The fourth-order valence-electron chi connectivity index (χ4n) is 4.36. The number of rotatable bonds is 6. The summed E-state index contributed by atoms with van der Waals surface area (Å²) in [6, 6.07) is 29.6. The van der Waals surface area contributed by atoms with Crippen molar-refractivity contribution in [3.05, 3.63) is 114 Å². The van der Waals surface area contributed by atoms with Crippen LogP contribution in [-0.2, 0) is 0 Å². The standard InChI is InChI=1S/C28H22N2O3/c31-26(21-10-3-1-4-11-21)29(22-14-5-2-6-15-22)18-9-19-30-27(32)23-16-7-12-20-13-8-17-24(25(20)23)28(30)33/h1-8,10-17H,9,18-19H2. The highest BCUT2D eigenvalue weighted by atomic mass is 16.2. The lowest BCUT2D eigenvalue weighted by Gasteiger charge is -2.28. The fraction of sp³-hybridized carbons (Fsp3) is 0.107. The molecule has 33 heavy (non-hydrogen) atoms. The number of benzene rings is 4. The minimum absolute atomic E-state index is 0.117. The maximum absolute atomic E-state index is 13.2. The Labute approximate surface area is 191 Å². The fourth-order valence-corrected chi connectivity index (χ4v) is 4.36. The molecule has 0 unspecified atom stereocenters. The Hall–Kier alpha value is -4.25. The van der Waals surface area contributed by atoms with Gasteiger partial charge in [-0.1, -0.05) is 60.7 Å². The molecule has 0 saturated carbocycles. The number of carbonyl (C=O) groups excluding carboxylic acids is 3. The zero-order valence-electron chi connectivity index (χ0n) is 18.0. The molecule has 0 atom stereocenters. The number of para-hydroxylation sites is 1. The summed E-state index contributed by atoms with van der Waals surface area (Å²) >= 11 is 0. The number of anilines is 1. The first-order valence-corrected chi connectivity index (χ1v) is 10.9. The molecule has 1 aliphatic rings. The number of imide groups is 1. The number of nitrogens with zero attached hydrogens (tertiary/aromatic N) is 2. The van der Waals surface area contributed by atoms with Crippen molar-refractivity contribution < 1.29 is 14.4 Å². The van der Waals surface area contributed by atoms with Gasteiger partial charge in [0.1, 0.15) is 0 Å². The topological polar surface area (TPSA) is 57.7 Å². The molecule has 162 valence electrons. The quantitative estimate of drug-likeness (QED) is 0.393. The van der Waals surface area contributed by atoms with Gasteiger partial charge in [0.15, 0.2) is 0 Å². The molecule has 3 amide bonds. The SMILES string of the molecule is O=C1c2cccc3cccc(c23)C(=O)N1CCCN(C(=O)c1ccccc1)c1ccccc1. The van der Waals surface area contributed by atoms with Crippen molar-refractivity contribution in [1.29, 1.82) is 0 Å². The Morgan fingerprint density at radius 3 is 1.88 bits per heavy atom. The lowest BCUT2D eigenvalue weighted by atomic mass is 9.94. The van der Waals surface area contributed by atoms with Gasteiger partial charge in [0.2, 0.25) is 0 Å². The van der Waals surface area contributed by atoms with E-state index in [1.807, 2.05) is 72.8 Å². The molecule has 4 aromatic carbocycles. The van der Waals surface area contributed by atoms with Crippen LogP contribution in [0.2, 0.25) is 0 Å². The lowest BCUT2D eigenvalue weighted by Crippen LogP contribution is -2.42. The maximum atomic E-state index is 13.2. The van der Waals surface area contributed by atoms with E-state index < -0.39 is 0 Å². The molecule has 4 aromatic rings. The van der Waals surface area contributed by atoms with E-state index in [1.165, 1.54) is 4.90 Å². The normalized spacial score (nSPS) is 12.8. The molecule has 5 nitrogen and oxygen atoms in total. The summed E-state index contributed by atoms with van der Waals surface area (Å²) in [6.07, 6.45) is 0.461. The molecule has 0 spiro atoms. The van der Waals surface area contributed by atoms with Gasteiger partial charge in [-0.3, -0.25) is 19.3 Å². The van der Waals surface area contributed by atoms with Gasteiger partial charge in [-0.05, 0) is 48.2 Å². The Kier molecular flexibility index (Phi) is 5.45. The highest BCUT2D eigenvalue weighted by Gasteiger charge is 2.32. The van der Waals surface area contributed by atoms with Crippen LogP contribution in [0.15, 0.2) is 97.1 Å². The first kappa shape index (κ1) is 20.6. The zero-order valence-corrected chi connectivity index (χ0v) is 18.0. The Balaban J connectivity index is 1.37. The predicted molar refractivity (Wildman–Crippen MR) is 128 cm³/mol. The van der Waals surface area contributed by atoms with E-state index in [0.29, 0.717) is 29.7 Å². The van der Waals surface area contributed by atoms with Crippen molar-refractivity contribution in [2.24, 2.45) is 0 Å². The van der Waals surface area contributed by atoms with Crippen molar-refractivity contribution >= 4 is 34.2 Å². The molecule has 1 heterocycles. The van der Waals surface area contributed by atoms with Gasteiger partial charge in [0.25, 0.3) is 17.7 Å². The molecule has 0 bridgehead atoms. The largest absolute Gasteiger partial charge is 0.308 e. The number of amides is 3. The summed E-state index contributed by atoms with van der Waals surface area (Å²) < 4.78 is 0. The number of hydrogen-bond acceptors (Lipinski definition) is 3. The van der Waals surface area contributed by atoms with E-state index >= 15 is 0 Å². The van der Waals surface area contributed by atoms with Crippen LogP contribution in [0, 0.1) is 0 Å². The van der Waals surface area contributed by atoms with Gasteiger partial charge in [-0.25, -0.2) is 0 Å². The van der Waals surface area contributed by atoms with Crippen LogP contribution >= 0.6 is 0 Å². The molecule has 0 radical (unpaired) electrons. The van der Waals surface area contributed by atoms with E-state index in [0.717, 1.165) is 16.5 Å². The van der Waals surface area contributed by atoms with Crippen LogP contribution in [-0.4, -0.2) is 35.7 Å². The summed E-state index contributed by atoms with van der Waals surface area (Å²) in [5.41, 5.74) is 2.45. The summed E-state index contributed by atoms with van der Waals surface area (Å²) in [5, 5.41) is 1.60. The van der Waals surface area contributed by atoms with Crippen molar-refractivity contribution in [3.8, 4) is 0 Å². The van der Waals surface area contributed by atoms with Gasteiger partial charge in [-0.15, -0.1) is 0 Å². The van der Waals surface area contributed by atoms with Gasteiger partial charge in [-0.2, -0.15) is 0 Å². The van der Waals surface area contributed by atoms with Crippen molar-refractivity contribution in [3.63, 3.8) is 0 Å². The molecule has 0 N–H and O–H groups in total. The Bertz CT molecular complexity index is 1300. The maximum Gasteiger partial charge on any atom is 0.261 e. The summed E-state index contributed by atoms with van der Waals surface area (Å²) in [7, 11) is 0. The summed E-state index contributed by atoms with van der Waals surface area (Å²) in [6.45, 7) is 0.606. The summed E-state index contributed by atoms with van der Waals surface area (Å²) in [4.78, 5) is 42.5. The molecule has 0 aliphatic carbocycles. The number of hydrogen-bond donors (Lipinski definition) is 0. The minimum atomic E-state index is -0.287. The van der Waals surface area contributed by atoms with Crippen LogP contribution in [0.5, 0.6) is 0 Å². The molecular formula is C28H22N2O3. The van der Waals surface area contributed by atoms with Gasteiger partial charge >= 0.3 is 0 Å². The predicted octanol–water partition coefficient (Wildman–Crippen LogP) is 5.17. The van der Waals surface area contributed by atoms with Crippen molar-refractivity contribution in [2.75, 3.05) is 18.0 Å². The average molecular weight is 434 g/mol. The monoisotopic (exact) mass is 434 g/mol. The summed E-state index contributed by atoms with van der Waals surface area (Å²) in [5.74, 6) is -0.692. The third-order valence-electron chi connectivity index (χ3n) is 5.95.